The van der Waals surface area contributed by atoms with E-state index in [9.17, 15) is 9.59 Å². The van der Waals surface area contributed by atoms with Gasteiger partial charge in [-0.3, -0.25) is 9.59 Å². The summed E-state index contributed by atoms with van der Waals surface area (Å²) in [6, 6.07) is 6.38. The van der Waals surface area contributed by atoms with Crippen molar-refractivity contribution < 1.29 is 19.0 Å². The average molecular weight is 394 g/mol. The van der Waals surface area contributed by atoms with Crippen molar-refractivity contribution in [2.45, 2.75) is 13.0 Å². The molecule has 0 saturated carbocycles. The molecule has 1 aromatic heterocycles. The number of halogens is 1. The fourth-order valence-electron chi connectivity index (χ4n) is 2.63. The minimum atomic E-state index is -0.357. The third kappa shape index (κ3) is 4.78. The number of amides is 1. The van der Waals surface area contributed by atoms with E-state index in [1.165, 1.54) is 23.9 Å². The fraction of sp³-hybridized carbons (Fsp3) is 0.389. The van der Waals surface area contributed by atoms with Gasteiger partial charge in [0.2, 0.25) is 0 Å². The van der Waals surface area contributed by atoms with E-state index in [1.54, 1.807) is 6.07 Å². The Morgan fingerprint density at radius 2 is 2.15 bits per heavy atom. The summed E-state index contributed by atoms with van der Waals surface area (Å²) in [7, 11) is 1.53. The maximum atomic E-state index is 12.3. The van der Waals surface area contributed by atoms with E-state index < -0.39 is 0 Å². The first kappa shape index (κ1) is 19.2. The molecule has 2 heterocycles. The molecule has 144 valence electrons. The van der Waals surface area contributed by atoms with E-state index in [4.69, 9.17) is 25.8 Å². The quantitative estimate of drug-likeness (QED) is 0.762. The van der Waals surface area contributed by atoms with Crippen LogP contribution in [0.15, 0.2) is 29.1 Å². The number of methoxy groups -OCH3 is 1. The molecule has 1 N–H and O–H groups in total. The molecule has 0 aliphatic carbocycles. The molecule has 8 nitrogen and oxygen atoms in total. The van der Waals surface area contributed by atoms with Crippen LogP contribution >= 0.6 is 11.6 Å². The summed E-state index contributed by atoms with van der Waals surface area (Å²) in [4.78, 5) is 24.0. The van der Waals surface area contributed by atoms with E-state index in [-0.39, 0.29) is 23.7 Å². The number of hydrogen-bond acceptors (Lipinski definition) is 6. The van der Waals surface area contributed by atoms with Crippen molar-refractivity contribution in [1.29, 1.82) is 0 Å². The van der Waals surface area contributed by atoms with Gasteiger partial charge in [-0.1, -0.05) is 11.6 Å². The van der Waals surface area contributed by atoms with Crippen LogP contribution in [0.2, 0.25) is 5.02 Å². The average Bonchev–Trinajstić information content (AvgIpc) is 2.67. The van der Waals surface area contributed by atoms with Crippen molar-refractivity contribution in [2.24, 2.45) is 0 Å². The summed E-state index contributed by atoms with van der Waals surface area (Å²) in [6.45, 7) is 1.96. The molecule has 1 aliphatic heterocycles. The summed E-state index contributed by atoms with van der Waals surface area (Å²) < 4.78 is 17.2. The lowest BCUT2D eigenvalue weighted by Gasteiger charge is -2.20. The molecule has 1 amide bonds. The fourth-order valence-corrected chi connectivity index (χ4v) is 2.92. The molecule has 0 saturated heterocycles. The predicted molar refractivity (Wildman–Crippen MR) is 98.9 cm³/mol. The number of fused-ring (bicyclic) bond motifs is 1. The Morgan fingerprint density at radius 1 is 1.33 bits per heavy atom. The van der Waals surface area contributed by atoms with Crippen LogP contribution in [0.5, 0.6) is 11.5 Å². The van der Waals surface area contributed by atoms with Gasteiger partial charge in [-0.05, 0) is 30.2 Å². The van der Waals surface area contributed by atoms with Crippen molar-refractivity contribution in [2.75, 3.05) is 33.5 Å². The van der Waals surface area contributed by atoms with Gasteiger partial charge in [-0.15, -0.1) is 0 Å². The summed E-state index contributed by atoms with van der Waals surface area (Å²) >= 11 is 6.21. The normalized spacial score (nSPS) is 12.7. The number of hydrogen-bond donors (Lipinski definition) is 1. The van der Waals surface area contributed by atoms with Gasteiger partial charge in [-0.25, -0.2) is 4.68 Å². The van der Waals surface area contributed by atoms with Crippen LogP contribution in [0.3, 0.4) is 0 Å². The molecule has 0 spiro atoms. The van der Waals surface area contributed by atoms with Gasteiger partial charge in [0.05, 0.1) is 18.2 Å². The number of ether oxygens (including phenoxy) is 3. The molecule has 3 rings (SSSR count). The monoisotopic (exact) mass is 393 g/mol. The van der Waals surface area contributed by atoms with E-state index in [0.29, 0.717) is 49.3 Å². The Hall–Kier alpha value is -2.58. The maximum absolute atomic E-state index is 12.3. The predicted octanol–water partition coefficient (Wildman–Crippen LogP) is 1.29. The molecule has 1 aromatic carbocycles. The van der Waals surface area contributed by atoms with Crippen LogP contribution in [0.4, 0.5) is 0 Å². The number of carbonyl (C=O) groups is 1. The first-order valence-electron chi connectivity index (χ1n) is 8.52. The topological polar surface area (TPSA) is 91.7 Å². The second-order valence-electron chi connectivity index (χ2n) is 5.88. The number of aromatic nitrogens is 2. The van der Waals surface area contributed by atoms with Gasteiger partial charge in [0.25, 0.3) is 11.5 Å². The third-order valence-corrected chi connectivity index (χ3v) is 4.24. The molecular formula is C18H20ClN3O5. The zero-order valence-electron chi connectivity index (χ0n) is 14.9. The van der Waals surface area contributed by atoms with Gasteiger partial charge in [-0.2, -0.15) is 5.10 Å². The van der Waals surface area contributed by atoms with Crippen LogP contribution in [0, 0.1) is 0 Å². The smallest absolute Gasteiger partial charge is 0.271 e. The molecule has 9 heteroatoms. The standard InChI is InChI=1S/C18H20ClN3O5/c1-25-7-6-22-16(23)3-2-14(21-22)18(24)20-5-4-12-10-13(19)17-15(11-12)26-8-9-27-17/h2-3,10-11H,4-9H2,1H3,(H,20,24). The van der Waals surface area contributed by atoms with E-state index >= 15 is 0 Å². The lowest BCUT2D eigenvalue weighted by atomic mass is 10.1. The Kier molecular flexibility index (Phi) is 6.31. The highest BCUT2D eigenvalue weighted by atomic mass is 35.5. The Bertz CT molecular complexity index is 884. The van der Waals surface area contributed by atoms with Crippen molar-refractivity contribution in [3.8, 4) is 11.5 Å². The Labute approximate surface area is 161 Å². The van der Waals surface area contributed by atoms with Gasteiger partial charge < -0.3 is 19.5 Å². The highest BCUT2D eigenvalue weighted by Gasteiger charge is 2.17. The Balaban J connectivity index is 1.60. The van der Waals surface area contributed by atoms with Gasteiger partial charge >= 0.3 is 0 Å². The van der Waals surface area contributed by atoms with Gasteiger partial charge in [0, 0.05) is 19.7 Å². The summed E-state index contributed by atoms with van der Waals surface area (Å²) in [5.74, 6) is 0.810. The number of carbonyl (C=O) groups excluding carboxylic acids is 1. The summed E-state index contributed by atoms with van der Waals surface area (Å²) in [5, 5.41) is 7.33. The van der Waals surface area contributed by atoms with Crippen molar-refractivity contribution in [3.63, 3.8) is 0 Å². The maximum Gasteiger partial charge on any atom is 0.271 e. The zero-order chi connectivity index (χ0) is 19.2. The highest BCUT2D eigenvalue weighted by molar-refractivity contribution is 6.32. The first-order chi connectivity index (χ1) is 13.1. The molecule has 0 fully saturated rings. The highest BCUT2D eigenvalue weighted by Crippen LogP contribution is 2.38. The second kappa shape index (κ2) is 8.88. The summed E-state index contributed by atoms with van der Waals surface area (Å²) in [6.07, 6.45) is 0.561. The third-order valence-electron chi connectivity index (χ3n) is 3.96. The van der Waals surface area contributed by atoms with Gasteiger partial charge in [0.1, 0.15) is 18.9 Å². The molecular weight excluding hydrogens is 374 g/mol. The Morgan fingerprint density at radius 3 is 2.96 bits per heavy atom. The van der Waals surface area contributed by atoms with Gasteiger partial charge in [0.15, 0.2) is 11.5 Å². The second-order valence-corrected chi connectivity index (χ2v) is 6.29. The van der Waals surface area contributed by atoms with Crippen LogP contribution in [-0.2, 0) is 17.7 Å². The lowest BCUT2D eigenvalue weighted by Crippen LogP contribution is -2.31. The largest absolute Gasteiger partial charge is 0.486 e. The van der Waals surface area contributed by atoms with Crippen LogP contribution in [-0.4, -0.2) is 49.2 Å². The number of nitrogens with zero attached hydrogens (tertiary/aromatic N) is 2. The number of rotatable bonds is 7. The molecule has 0 radical (unpaired) electrons. The SMILES string of the molecule is COCCn1nc(C(=O)NCCc2cc(Cl)c3c(c2)OCCO3)ccc1=O. The molecule has 0 bridgehead atoms. The van der Waals surface area contributed by atoms with Crippen molar-refractivity contribution in [1.82, 2.24) is 15.1 Å². The van der Waals surface area contributed by atoms with Crippen molar-refractivity contribution >= 4 is 17.5 Å². The van der Waals surface area contributed by atoms with E-state index in [1.807, 2.05) is 6.07 Å². The van der Waals surface area contributed by atoms with Crippen LogP contribution in [0.1, 0.15) is 16.1 Å². The molecule has 0 unspecified atom stereocenters. The minimum Gasteiger partial charge on any atom is -0.486 e. The molecule has 2 aromatic rings. The molecule has 27 heavy (non-hydrogen) atoms. The van der Waals surface area contributed by atoms with E-state index in [0.717, 1.165) is 5.56 Å². The molecule has 1 aliphatic rings. The number of benzene rings is 1. The first-order valence-corrected chi connectivity index (χ1v) is 8.89. The van der Waals surface area contributed by atoms with Crippen LogP contribution in [0.25, 0.3) is 0 Å². The summed E-state index contributed by atoms with van der Waals surface area (Å²) in [5.41, 5.74) is 0.808. The minimum absolute atomic E-state index is 0.172. The molecule has 0 atom stereocenters. The lowest BCUT2D eigenvalue weighted by molar-refractivity contribution is 0.0945. The van der Waals surface area contributed by atoms with Crippen LogP contribution < -0.4 is 20.3 Å². The van der Waals surface area contributed by atoms with Crippen molar-refractivity contribution in [3.05, 3.63) is 50.9 Å². The number of nitrogens with one attached hydrogen (secondary N) is 1. The van der Waals surface area contributed by atoms with E-state index in [2.05, 4.69) is 10.4 Å². The zero-order valence-corrected chi connectivity index (χ0v) is 15.6.